The number of benzene rings is 3. The highest BCUT2D eigenvalue weighted by Crippen LogP contribution is 2.22. The van der Waals surface area contributed by atoms with Crippen LogP contribution in [0.1, 0.15) is 22.8 Å². The molecule has 1 N–H and O–H groups in total. The minimum Gasteiger partial charge on any atom is -0.383 e. The molecule has 0 aliphatic carbocycles. The maximum atomic E-state index is 13.6. The molecule has 0 bridgehead atoms. The summed E-state index contributed by atoms with van der Waals surface area (Å²) in [5.41, 5.74) is 1.26. The van der Waals surface area contributed by atoms with E-state index >= 15 is 0 Å². The van der Waals surface area contributed by atoms with E-state index in [1.54, 1.807) is 12.1 Å². The summed E-state index contributed by atoms with van der Waals surface area (Å²) >= 11 is 0. The van der Waals surface area contributed by atoms with Crippen LogP contribution in [0.5, 0.6) is 5.75 Å². The second-order valence-electron chi connectivity index (χ2n) is 7.62. The SMILES string of the molecule is COCCN(Cc1cccc(OS(=O)(=O)c2ccc(NC(C)=O)cc2)c1)C(=O)c1cccc(F)c1. The van der Waals surface area contributed by atoms with Crippen LogP contribution in [0.3, 0.4) is 0 Å². The molecule has 3 aromatic rings. The Bertz CT molecular complexity index is 1300. The molecule has 2 amide bonds. The first kappa shape index (κ1) is 25.9. The number of methoxy groups -OCH3 is 1. The van der Waals surface area contributed by atoms with E-state index in [0.717, 1.165) is 6.07 Å². The number of carbonyl (C=O) groups excluding carboxylic acids is 2. The number of ether oxygens (including phenoxy) is 1. The Morgan fingerprint density at radius 1 is 1.00 bits per heavy atom. The van der Waals surface area contributed by atoms with Gasteiger partial charge in [-0.1, -0.05) is 18.2 Å². The molecular formula is C25H25FN2O6S. The average Bonchev–Trinajstić information content (AvgIpc) is 2.81. The van der Waals surface area contributed by atoms with Gasteiger partial charge in [0, 0.05) is 38.4 Å². The zero-order valence-electron chi connectivity index (χ0n) is 19.2. The van der Waals surface area contributed by atoms with Crippen molar-refractivity contribution in [2.24, 2.45) is 0 Å². The van der Waals surface area contributed by atoms with Gasteiger partial charge in [0.1, 0.15) is 16.5 Å². The molecule has 0 saturated heterocycles. The summed E-state index contributed by atoms with van der Waals surface area (Å²) in [7, 11) is -2.63. The molecule has 0 aliphatic heterocycles. The first-order chi connectivity index (χ1) is 16.7. The highest BCUT2D eigenvalue weighted by molar-refractivity contribution is 7.87. The molecule has 8 nitrogen and oxygen atoms in total. The summed E-state index contributed by atoms with van der Waals surface area (Å²) in [5.74, 6) is -1.12. The minimum atomic E-state index is -4.14. The predicted molar refractivity (Wildman–Crippen MR) is 128 cm³/mol. The molecule has 0 unspecified atom stereocenters. The molecule has 0 atom stereocenters. The number of halogens is 1. The molecule has 0 radical (unpaired) electrons. The number of nitrogens with zero attached hydrogens (tertiary/aromatic N) is 1. The summed E-state index contributed by atoms with van der Waals surface area (Å²) in [5, 5.41) is 2.56. The Morgan fingerprint density at radius 2 is 1.71 bits per heavy atom. The maximum Gasteiger partial charge on any atom is 0.339 e. The number of hydrogen-bond acceptors (Lipinski definition) is 6. The quantitative estimate of drug-likeness (QED) is 0.425. The molecule has 10 heteroatoms. The van der Waals surface area contributed by atoms with Gasteiger partial charge in [-0.2, -0.15) is 8.42 Å². The summed E-state index contributed by atoms with van der Waals surface area (Å²) < 4.78 is 49.4. The molecule has 184 valence electrons. The van der Waals surface area contributed by atoms with Crippen molar-refractivity contribution in [2.75, 3.05) is 25.6 Å². The fourth-order valence-electron chi connectivity index (χ4n) is 3.26. The van der Waals surface area contributed by atoms with E-state index in [-0.39, 0.29) is 47.7 Å². The molecule has 0 heterocycles. The number of nitrogens with one attached hydrogen (secondary N) is 1. The zero-order chi connectivity index (χ0) is 25.4. The summed E-state index contributed by atoms with van der Waals surface area (Å²) in [6.45, 7) is 1.99. The smallest absolute Gasteiger partial charge is 0.339 e. The normalized spacial score (nSPS) is 11.1. The van der Waals surface area contributed by atoms with Crippen LogP contribution in [0.15, 0.2) is 77.7 Å². The van der Waals surface area contributed by atoms with Crippen molar-refractivity contribution in [3.63, 3.8) is 0 Å². The van der Waals surface area contributed by atoms with Gasteiger partial charge >= 0.3 is 10.1 Å². The Morgan fingerprint density at radius 3 is 2.37 bits per heavy atom. The fraction of sp³-hybridized carbons (Fsp3) is 0.200. The predicted octanol–water partition coefficient (Wildman–Crippen LogP) is 3.84. The van der Waals surface area contributed by atoms with Crippen molar-refractivity contribution < 1.29 is 31.3 Å². The second-order valence-corrected chi connectivity index (χ2v) is 9.17. The van der Waals surface area contributed by atoms with Crippen LogP contribution in [-0.4, -0.2) is 45.4 Å². The highest BCUT2D eigenvalue weighted by Gasteiger charge is 2.19. The standard InChI is InChI=1S/C25H25FN2O6S/c1-18(29)27-22-9-11-24(12-10-22)35(31,32)34-23-8-3-5-19(15-23)17-28(13-14-33-2)25(30)20-6-4-7-21(26)16-20/h3-12,15-16H,13-14,17H2,1-2H3,(H,27,29). The third-order valence-corrected chi connectivity index (χ3v) is 6.13. The number of anilines is 1. The Kier molecular flexibility index (Phi) is 8.56. The highest BCUT2D eigenvalue weighted by atomic mass is 32.2. The monoisotopic (exact) mass is 500 g/mol. The maximum absolute atomic E-state index is 13.6. The molecular weight excluding hydrogens is 475 g/mol. The molecule has 3 rings (SSSR count). The van der Waals surface area contributed by atoms with Gasteiger partial charge in [0.05, 0.1) is 6.61 Å². The summed E-state index contributed by atoms with van der Waals surface area (Å²) in [6.07, 6.45) is 0. The van der Waals surface area contributed by atoms with Crippen molar-refractivity contribution in [1.29, 1.82) is 0 Å². The zero-order valence-corrected chi connectivity index (χ0v) is 20.0. The van der Waals surface area contributed by atoms with Gasteiger partial charge in [-0.15, -0.1) is 0 Å². The van der Waals surface area contributed by atoms with Crippen LogP contribution in [0.2, 0.25) is 0 Å². The summed E-state index contributed by atoms with van der Waals surface area (Å²) in [6, 6.07) is 17.3. The lowest BCUT2D eigenvalue weighted by atomic mass is 10.1. The van der Waals surface area contributed by atoms with E-state index < -0.39 is 15.9 Å². The summed E-state index contributed by atoms with van der Waals surface area (Å²) in [4.78, 5) is 25.5. The fourth-order valence-corrected chi connectivity index (χ4v) is 4.18. The van der Waals surface area contributed by atoms with E-state index in [4.69, 9.17) is 8.92 Å². The number of rotatable bonds is 10. The van der Waals surface area contributed by atoms with Crippen LogP contribution in [0.4, 0.5) is 10.1 Å². The van der Waals surface area contributed by atoms with E-state index in [1.165, 1.54) is 73.5 Å². The van der Waals surface area contributed by atoms with Gasteiger partial charge in [-0.3, -0.25) is 9.59 Å². The van der Waals surface area contributed by atoms with Crippen LogP contribution in [0.25, 0.3) is 0 Å². The van der Waals surface area contributed by atoms with E-state index in [9.17, 15) is 22.4 Å². The Labute approximate surface area is 203 Å². The van der Waals surface area contributed by atoms with Crippen molar-refractivity contribution in [1.82, 2.24) is 4.90 Å². The van der Waals surface area contributed by atoms with Crippen molar-refractivity contribution in [3.8, 4) is 5.75 Å². The lowest BCUT2D eigenvalue weighted by molar-refractivity contribution is -0.114. The van der Waals surface area contributed by atoms with Gasteiger partial charge in [-0.25, -0.2) is 4.39 Å². The second kappa shape index (κ2) is 11.6. The van der Waals surface area contributed by atoms with Crippen LogP contribution >= 0.6 is 0 Å². The Hall–Kier alpha value is -3.76. The van der Waals surface area contributed by atoms with Crippen molar-refractivity contribution >= 4 is 27.6 Å². The molecule has 0 aromatic heterocycles. The molecule has 0 spiro atoms. The molecule has 0 fully saturated rings. The van der Waals surface area contributed by atoms with Crippen molar-refractivity contribution in [3.05, 3.63) is 89.7 Å². The minimum absolute atomic E-state index is 0.0679. The number of amides is 2. The number of carbonyl (C=O) groups is 2. The van der Waals surface area contributed by atoms with Crippen LogP contribution < -0.4 is 9.50 Å². The molecule has 35 heavy (non-hydrogen) atoms. The third-order valence-electron chi connectivity index (χ3n) is 4.87. The van der Waals surface area contributed by atoms with Gasteiger partial charge in [0.25, 0.3) is 5.91 Å². The van der Waals surface area contributed by atoms with Gasteiger partial charge in [0.15, 0.2) is 0 Å². The van der Waals surface area contributed by atoms with Crippen molar-refractivity contribution in [2.45, 2.75) is 18.4 Å². The van der Waals surface area contributed by atoms with Gasteiger partial charge < -0.3 is 19.1 Å². The average molecular weight is 501 g/mol. The van der Waals surface area contributed by atoms with E-state index in [0.29, 0.717) is 11.3 Å². The molecule has 0 saturated carbocycles. The first-order valence-corrected chi connectivity index (χ1v) is 12.0. The van der Waals surface area contributed by atoms with E-state index in [2.05, 4.69) is 5.32 Å². The third kappa shape index (κ3) is 7.36. The van der Waals surface area contributed by atoms with E-state index in [1.807, 2.05) is 0 Å². The molecule has 3 aromatic carbocycles. The first-order valence-electron chi connectivity index (χ1n) is 10.6. The Balaban J connectivity index is 1.77. The lowest BCUT2D eigenvalue weighted by Gasteiger charge is -2.23. The van der Waals surface area contributed by atoms with Crippen LogP contribution in [0, 0.1) is 5.82 Å². The lowest BCUT2D eigenvalue weighted by Crippen LogP contribution is -2.33. The van der Waals surface area contributed by atoms with Gasteiger partial charge in [-0.05, 0) is 60.2 Å². The number of hydrogen-bond donors (Lipinski definition) is 1. The molecule has 0 aliphatic rings. The topological polar surface area (TPSA) is 102 Å². The largest absolute Gasteiger partial charge is 0.383 e. The van der Waals surface area contributed by atoms with Crippen LogP contribution in [-0.2, 0) is 26.2 Å². The van der Waals surface area contributed by atoms with Gasteiger partial charge in [0.2, 0.25) is 5.91 Å².